The highest BCUT2D eigenvalue weighted by Gasteiger charge is 2.50. The van der Waals surface area contributed by atoms with Gasteiger partial charge in [0.25, 0.3) is 0 Å². The zero-order valence-corrected chi connectivity index (χ0v) is 8.99. The predicted octanol–water partition coefficient (Wildman–Crippen LogP) is 1.14. The molecule has 0 N–H and O–H groups in total. The number of rotatable bonds is 2. The fourth-order valence-corrected chi connectivity index (χ4v) is 1.24. The summed E-state index contributed by atoms with van der Waals surface area (Å²) in [5.41, 5.74) is -0.486. The van der Waals surface area contributed by atoms with Crippen LogP contribution in [-0.2, 0) is 19.1 Å². The van der Waals surface area contributed by atoms with E-state index in [1.807, 2.05) is 0 Å². The van der Waals surface area contributed by atoms with Crippen molar-refractivity contribution in [2.75, 3.05) is 7.11 Å². The predicted molar refractivity (Wildman–Crippen MR) is 49.5 cm³/mol. The van der Waals surface area contributed by atoms with Gasteiger partial charge in [-0.1, -0.05) is 0 Å². The molecule has 0 aromatic heterocycles. The van der Waals surface area contributed by atoms with Crippen LogP contribution in [0.5, 0.6) is 0 Å². The second-order valence-corrected chi connectivity index (χ2v) is 4.51. The number of carbonyl (C=O) groups is 2. The normalized spacial score (nSPS) is 25.4. The summed E-state index contributed by atoms with van der Waals surface area (Å²) >= 11 is 0. The van der Waals surface area contributed by atoms with Crippen LogP contribution < -0.4 is 0 Å². The third kappa shape index (κ3) is 2.72. The smallest absolute Gasteiger partial charge is 0.310 e. The minimum atomic E-state index is -0.486. The van der Waals surface area contributed by atoms with Gasteiger partial charge < -0.3 is 9.47 Å². The molecule has 1 saturated carbocycles. The molecule has 0 spiro atoms. The third-order valence-electron chi connectivity index (χ3n) is 2.00. The second kappa shape index (κ2) is 3.59. The summed E-state index contributed by atoms with van der Waals surface area (Å²) in [6.07, 6.45) is 0.557. The van der Waals surface area contributed by atoms with E-state index in [0.717, 1.165) is 0 Å². The van der Waals surface area contributed by atoms with Crippen molar-refractivity contribution >= 4 is 11.9 Å². The number of methoxy groups -OCH3 is 1. The van der Waals surface area contributed by atoms with E-state index in [4.69, 9.17) is 4.74 Å². The van der Waals surface area contributed by atoms with Crippen molar-refractivity contribution in [2.24, 2.45) is 11.8 Å². The molecule has 0 radical (unpaired) electrons. The van der Waals surface area contributed by atoms with E-state index >= 15 is 0 Å². The molecule has 1 fully saturated rings. The Morgan fingerprint density at radius 3 is 2.07 bits per heavy atom. The molecular weight excluding hydrogens is 184 g/mol. The Morgan fingerprint density at radius 2 is 1.64 bits per heavy atom. The van der Waals surface area contributed by atoms with E-state index < -0.39 is 5.60 Å². The fraction of sp³-hybridized carbons (Fsp3) is 0.800. The van der Waals surface area contributed by atoms with Crippen LogP contribution in [-0.4, -0.2) is 24.6 Å². The van der Waals surface area contributed by atoms with Gasteiger partial charge in [-0.25, -0.2) is 0 Å². The number of carbonyl (C=O) groups excluding carboxylic acids is 2. The molecule has 1 aliphatic rings. The Bertz CT molecular complexity index is 251. The van der Waals surface area contributed by atoms with Gasteiger partial charge in [0.1, 0.15) is 5.60 Å². The summed E-state index contributed by atoms with van der Waals surface area (Å²) < 4.78 is 9.68. The average Bonchev–Trinajstić information content (AvgIpc) is 2.78. The van der Waals surface area contributed by atoms with Crippen molar-refractivity contribution in [3.8, 4) is 0 Å². The summed E-state index contributed by atoms with van der Waals surface area (Å²) in [7, 11) is 1.33. The summed E-state index contributed by atoms with van der Waals surface area (Å²) in [6, 6.07) is 0. The fourth-order valence-electron chi connectivity index (χ4n) is 1.24. The van der Waals surface area contributed by atoms with Gasteiger partial charge in [-0.3, -0.25) is 9.59 Å². The lowest BCUT2D eigenvalue weighted by Gasteiger charge is -2.19. The van der Waals surface area contributed by atoms with Crippen LogP contribution in [0.4, 0.5) is 0 Å². The minimum Gasteiger partial charge on any atom is -0.469 e. The van der Waals surface area contributed by atoms with Crippen LogP contribution in [0.15, 0.2) is 0 Å². The monoisotopic (exact) mass is 200 g/mol. The molecule has 0 aromatic rings. The number of ether oxygens (including phenoxy) is 2. The van der Waals surface area contributed by atoms with Gasteiger partial charge in [0, 0.05) is 0 Å². The van der Waals surface area contributed by atoms with Gasteiger partial charge in [-0.2, -0.15) is 0 Å². The molecular formula is C10H16O4. The quantitative estimate of drug-likeness (QED) is 0.627. The van der Waals surface area contributed by atoms with E-state index in [-0.39, 0.29) is 23.8 Å². The average molecular weight is 200 g/mol. The maximum atomic E-state index is 11.4. The van der Waals surface area contributed by atoms with Crippen LogP contribution in [0.25, 0.3) is 0 Å². The molecule has 1 rings (SSSR count). The first-order valence-corrected chi connectivity index (χ1v) is 4.66. The van der Waals surface area contributed by atoms with Gasteiger partial charge in [0.05, 0.1) is 18.9 Å². The van der Waals surface area contributed by atoms with Crippen molar-refractivity contribution in [2.45, 2.75) is 32.8 Å². The molecule has 2 atom stereocenters. The summed E-state index contributed by atoms with van der Waals surface area (Å²) in [4.78, 5) is 22.4. The molecule has 0 bridgehead atoms. The molecule has 4 nitrogen and oxygen atoms in total. The van der Waals surface area contributed by atoms with Gasteiger partial charge >= 0.3 is 11.9 Å². The molecule has 0 unspecified atom stereocenters. The highest BCUT2D eigenvalue weighted by Crippen LogP contribution is 2.41. The standard InChI is InChI=1S/C10H16O4/c1-10(2,3)14-9(12)7-5-6(7)8(11)13-4/h6-7H,5H2,1-4H3/t6-,7+/m1/s1. The Balaban J connectivity index is 2.40. The lowest BCUT2D eigenvalue weighted by atomic mass is 10.2. The topological polar surface area (TPSA) is 52.6 Å². The molecule has 0 aliphatic heterocycles. The Hall–Kier alpha value is -1.06. The third-order valence-corrected chi connectivity index (χ3v) is 2.00. The van der Waals surface area contributed by atoms with Crippen molar-refractivity contribution < 1.29 is 19.1 Å². The van der Waals surface area contributed by atoms with Crippen LogP contribution in [0.2, 0.25) is 0 Å². The van der Waals surface area contributed by atoms with Crippen LogP contribution in [0.1, 0.15) is 27.2 Å². The number of hydrogen-bond acceptors (Lipinski definition) is 4. The van der Waals surface area contributed by atoms with Crippen molar-refractivity contribution in [3.05, 3.63) is 0 Å². The highest BCUT2D eigenvalue weighted by molar-refractivity contribution is 5.87. The molecule has 0 saturated heterocycles. The van der Waals surface area contributed by atoms with Gasteiger partial charge in [-0.05, 0) is 27.2 Å². The SMILES string of the molecule is COC(=O)[C@@H]1C[C@@H]1C(=O)OC(C)(C)C. The Morgan fingerprint density at radius 1 is 1.14 bits per heavy atom. The van der Waals surface area contributed by atoms with Gasteiger partial charge in [0.2, 0.25) is 0 Å². The molecule has 80 valence electrons. The van der Waals surface area contributed by atoms with Crippen molar-refractivity contribution in [3.63, 3.8) is 0 Å². The first-order valence-electron chi connectivity index (χ1n) is 4.66. The maximum Gasteiger partial charge on any atom is 0.310 e. The lowest BCUT2D eigenvalue weighted by molar-refractivity contribution is -0.158. The molecule has 0 heterocycles. The summed E-state index contributed by atoms with van der Waals surface area (Å²) in [5, 5.41) is 0. The number of hydrogen-bond donors (Lipinski definition) is 0. The van der Waals surface area contributed by atoms with E-state index in [2.05, 4.69) is 4.74 Å². The highest BCUT2D eigenvalue weighted by atomic mass is 16.6. The molecule has 4 heteroatoms. The van der Waals surface area contributed by atoms with Crippen molar-refractivity contribution in [1.82, 2.24) is 0 Å². The van der Waals surface area contributed by atoms with E-state index in [9.17, 15) is 9.59 Å². The van der Waals surface area contributed by atoms with E-state index in [0.29, 0.717) is 6.42 Å². The minimum absolute atomic E-state index is 0.283. The van der Waals surface area contributed by atoms with E-state index in [1.165, 1.54) is 7.11 Å². The summed E-state index contributed by atoms with van der Waals surface area (Å²) in [5.74, 6) is -1.19. The molecule has 0 aromatic carbocycles. The zero-order valence-electron chi connectivity index (χ0n) is 8.99. The molecule has 14 heavy (non-hydrogen) atoms. The first kappa shape index (κ1) is 11.0. The van der Waals surface area contributed by atoms with E-state index in [1.54, 1.807) is 20.8 Å². The van der Waals surface area contributed by atoms with Crippen LogP contribution in [0, 0.1) is 11.8 Å². The van der Waals surface area contributed by atoms with Gasteiger partial charge in [0.15, 0.2) is 0 Å². The zero-order chi connectivity index (χ0) is 10.9. The molecule has 1 aliphatic carbocycles. The van der Waals surface area contributed by atoms with Crippen LogP contribution in [0.3, 0.4) is 0 Å². The van der Waals surface area contributed by atoms with Crippen molar-refractivity contribution in [1.29, 1.82) is 0 Å². The summed E-state index contributed by atoms with van der Waals surface area (Å²) in [6.45, 7) is 5.42. The largest absolute Gasteiger partial charge is 0.469 e. The maximum absolute atomic E-state index is 11.4. The second-order valence-electron chi connectivity index (χ2n) is 4.51. The Labute approximate surface area is 83.6 Å². The number of esters is 2. The first-order chi connectivity index (χ1) is 6.35. The molecule has 0 amide bonds. The van der Waals surface area contributed by atoms with Gasteiger partial charge in [-0.15, -0.1) is 0 Å². The lowest BCUT2D eigenvalue weighted by Crippen LogP contribution is -2.25. The Kier molecular flexibility index (Phi) is 2.83. The van der Waals surface area contributed by atoms with Crippen LogP contribution >= 0.6 is 0 Å².